The molecule has 0 saturated heterocycles. The van der Waals surface area contributed by atoms with Gasteiger partial charge in [-0.1, -0.05) is 35.8 Å². The maximum atomic E-state index is 13.1. The monoisotopic (exact) mass is 417 g/mol. The van der Waals surface area contributed by atoms with E-state index < -0.39 is 11.7 Å². The van der Waals surface area contributed by atoms with Crippen molar-refractivity contribution in [3.8, 4) is 5.75 Å². The van der Waals surface area contributed by atoms with Crippen LogP contribution in [-0.2, 0) is 10.2 Å². The third kappa shape index (κ3) is 3.20. The molecule has 2 aromatic rings. The number of methoxy groups -OCH3 is 1. The zero-order chi connectivity index (χ0) is 19.3. The van der Waals surface area contributed by atoms with Gasteiger partial charge in [-0.05, 0) is 56.2 Å². The number of carbonyl (C=O) groups is 1. The van der Waals surface area contributed by atoms with Gasteiger partial charge in [-0.3, -0.25) is 0 Å². The highest BCUT2D eigenvalue weighted by Gasteiger charge is 2.40. The lowest BCUT2D eigenvalue weighted by Gasteiger charge is -2.41. The second-order valence-electron chi connectivity index (χ2n) is 7.99. The van der Waals surface area contributed by atoms with E-state index in [-0.39, 0.29) is 5.41 Å². The van der Waals surface area contributed by atoms with Crippen molar-refractivity contribution in [2.75, 3.05) is 12.0 Å². The third-order valence-electron chi connectivity index (χ3n) is 4.57. The van der Waals surface area contributed by atoms with Crippen LogP contribution in [0.25, 0.3) is 0 Å². The van der Waals surface area contributed by atoms with Gasteiger partial charge in [0.05, 0.1) is 18.5 Å². The van der Waals surface area contributed by atoms with Gasteiger partial charge in [0.1, 0.15) is 11.4 Å². The zero-order valence-electron chi connectivity index (χ0n) is 16.0. The van der Waals surface area contributed by atoms with Gasteiger partial charge < -0.3 is 9.47 Å². The molecular weight excluding hydrogens is 394 g/mol. The summed E-state index contributed by atoms with van der Waals surface area (Å²) in [6, 6.07) is 11.8. The number of nitrogens with zero attached hydrogens (tertiary/aromatic N) is 1. The van der Waals surface area contributed by atoms with Gasteiger partial charge >= 0.3 is 6.09 Å². The first-order valence-corrected chi connectivity index (χ1v) is 9.35. The molecule has 1 heterocycles. The van der Waals surface area contributed by atoms with E-state index in [1.165, 1.54) is 0 Å². The fourth-order valence-electron chi connectivity index (χ4n) is 3.33. The fraction of sp³-hybridized carbons (Fsp3) is 0.381. The lowest BCUT2D eigenvalue weighted by molar-refractivity contribution is 0.0597. The molecule has 1 aliphatic rings. The molecule has 26 heavy (non-hydrogen) atoms. The molecule has 0 aliphatic carbocycles. The molecule has 0 bridgehead atoms. The van der Waals surface area contributed by atoms with Gasteiger partial charge in [0.25, 0.3) is 0 Å². The summed E-state index contributed by atoms with van der Waals surface area (Å²) in [6.07, 6.45) is -0.397. The molecule has 0 unspecified atom stereocenters. The molecule has 0 N–H and O–H groups in total. The highest BCUT2D eigenvalue weighted by molar-refractivity contribution is 9.10. The largest absolute Gasteiger partial charge is 0.497 e. The van der Waals surface area contributed by atoms with Gasteiger partial charge in [0, 0.05) is 16.0 Å². The summed E-state index contributed by atoms with van der Waals surface area (Å²) < 4.78 is 12.1. The normalized spacial score (nSPS) is 15.1. The molecule has 0 atom stereocenters. The first kappa shape index (κ1) is 18.8. The van der Waals surface area contributed by atoms with E-state index in [1.54, 1.807) is 12.0 Å². The van der Waals surface area contributed by atoms with Crippen molar-refractivity contribution in [2.45, 2.75) is 45.6 Å². The van der Waals surface area contributed by atoms with Crippen molar-refractivity contribution in [3.63, 3.8) is 0 Å². The van der Waals surface area contributed by atoms with E-state index >= 15 is 0 Å². The minimum atomic E-state index is -0.585. The van der Waals surface area contributed by atoms with E-state index in [4.69, 9.17) is 9.47 Å². The van der Waals surface area contributed by atoms with Crippen molar-refractivity contribution < 1.29 is 14.3 Å². The number of benzene rings is 2. The van der Waals surface area contributed by atoms with Crippen LogP contribution in [0.1, 0.15) is 45.7 Å². The highest BCUT2D eigenvalue weighted by atomic mass is 79.9. The minimum absolute atomic E-state index is 0.265. The van der Waals surface area contributed by atoms with Crippen LogP contribution in [0.2, 0.25) is 0 Å². The molecule has 0 aromatic heterocycles. The van der Waals surface area contributed by atoms with Crippen LogP contribution < -0.4 is 9.64 Å². The molecule has 0 radical (unpaired) electrons. The Morgan fingerprint density at radius 3 is 2.35 bits per heavy atom. The van der Waals surface area contributed by atoms with Crippen molar-refractivity contribution in [3.05, 3.63) is 52.0 Å². The number of rotatable bonds is 1. The van der Waals surface area contributed by atoms with Crippen LogP contribution in [-0.4, -0.2) is 18.8 Å². The van der Waals surface area contributed by atoms with Crippen LogP contribution in [0.4, 0.5) is 16.2 Å². The molecule has 4 nitrogen and oxygen atoms in total. The molecule has 1 aliphatic heterocycles. The van der Waals surface area contributed by atoms with E-state index in [0.29, 0.717) is 5.75 Å². The molecule has 3 rings (SSSR count). The summed E-state index contributed by atoms with van der Waals surface area (Å²) in [5, 5.41) is 0. The van der Waals surface area contributed by atoms with Gasteiger partial charge in [0.15, 0.2) is 0 Å². The summed E-state index contributed by atoms with van der Waals surface area (Å²) in [4.78, 5) is 14.7. The van der Waals surface area contributed by atoms with Crippen molar-refractivity contribution in [2.24, 2.45) is 0 Å². The topological polar surface area (TPSA) is 38.8 Å². The smallest absolute Gasteiger partial charge is 0.419 e. The number of hydrogen-bond acceptors (Lipinski definition) is 3. The SMILES string of the molecule is COc1ccc2c(c1)N(C(=O)OC(C)(C)C)c1ccc(Br)cc1C2(C)C. The molecule has 2 aromatic carbocycles. The van der Waals surface area contributed by atoms with E-state index in [0.717, 1.165) is 27.0 Å². The maximum absolute atomic E-state index is 13.1. The minimum Gasteiger partial charge on any atom is -0.497 e. The van der Waals surface area contributed by atoms with E-state index in [9.17, 15) is 4.79 Å². The van der Waals surface area contributed by atoms with Crippen LogP contribution >= 0.6 is 15.9 Å². The number of fused-ring (bicyclic) bond motifs is 2. The summed E-state index contributed by atoms with van der Waals surface area (Å²) in [5.41, 5.74) is 2.88. The Balaban J connectivity index is 2.26. The number of carbonyl (C=O) groups excluding carboxylic acids is 1. The summed E-state index contributed by atoms with van der Waals surface area (Å²) in [6.45, 7) is 9.93. The van der Waals surface area contributed by atoms with E-state index in [2.05, 4.69) is 35.8 Å². The number of anilines is 2. The second kappa shape index (κ2) is 6.31. The quantitative estimate of drug-likeness (QED) is 0.556. The fourth-order valence-corrected chi connectivity index (χ4v) is 3.70. The summed E-state index contributed by atoms with van der Waals surface area (Å²) >= 11 is 3.56. The van der Waals surface area contributed by atoms with E-state index in [1.807, 2.05) is 51.1 Å². The van der Waals surface area contributed by atoms with Crippen molar-refractivity contribution >= 4 is 33.4 Å². The molecule has 1 amide bonds. The Kier molecular flexibility index (Phi) is 4.55. The Labute approximate surface area is 163 Å². The summed E-state index contributed by atoms with van der Waals surface area (Å²) in [7, 11) is 1.62. The molecule has 5 heteroatoms. The van der Waals surface area contributed by atoms with Crippen LogP contribution in [0.5, 0.6) is 5.75 Å². The number of amides is 1. The van der Waals surface area contributed by atoms with Gasteiger partial charge in [-0.25, -0.2) is 9.69 Å². The van der Waals surface area contributed by atoms with Crippen LogP contribution in [0, 0.1) is 0 Å². The second-order valence-corrected chi connectivity index (χ2v) is 8.90. The predicted octanol–water partition coefficient (Wildman–Crippen LogP) is 6.17. The molecule has 138 valence electrons. The Morgan fingerprint density at radius 1 is 1.04 bits per heavy atom. The van der Waals surface area contributed by atoms with Gasteiger partial charge in [-0.15, -0.1) is 0 Å². The molecule has 0 spiro atoms. The number of halogens is 1. The van der Waals surface area contributed by atoms with Crippen LogP contribution in [0.3, 0.4) is 0 Å². The highest BCUT2D eigenvalue weighted by Crippen LogP contribution is 2.50. The molecular formula is C21H24BrNO3. The lowest BCUT2D eigenvalue weighted by atomic mass is 9.73. The first-order valence-electron chi connectivity index (χ1n) is 8.56. The Hall–Kier alpha value is -2.01. The average Bonchev–Trinajstić information content (AvgIpc) is 2.53. The van der Waals surface area contributed by atoms with Crippen molar-refractivity contribution in [1.29, 1.82) is 0 Å². The van der Waals surface area contributed by atoms with Crippen LogP contribution in [0.15, 0.2) is 40.9 Å². The summed E-state index contributed by atoms with van der Waals surface area (Å²) in [5.74, 6) is 0.702. The zero-order valence-corrected chi connectivity index (χ0v) is 17.6. The number of hydrogen-bond donors (Lipinski definition) is 0. The van der Waals surface area contributed by atoms with Gasteiger partial charge in [0.2, 0.25) is 0 Å². The van der Waals surface area contributed by atoms with Crippen molar-refractivity contribution in [1.82, 2.24) is 0 Å². The lowest BCUT2D eigenvalue weighted by Crippen LogP contribution is -2.39. The number of ether oxygens (including phenoxy) is 2. The molecule has 0 saturated carbocycles. The maximum Gasteiger partial charge on any atom is 0.419 e. The standard InChI is InChI=1S/C21H24BrNO3/c1-20(2,3)26-19(24)23-17-10-7-13(22)11-16(17)21(4,5)15-9-8-14(25-6)12-18(15)23/h7-12H,1-6H3. The van der Waals surface area contributed by atoms with Gasteiger partial charge in [-0.2, -0.15) is 0 Å². The Morgan fingerprint density at radius 2 is 1.73 bits per heavy atom. The molecule has 0 fully saturated rings. The first-order chi connectivity index (χ1) is 12.0. The average molecular weight is 418 g/mol. The third-order valence-corrected chi connectivity index (χ3v) is 5.06. The Bertz CT molecular complexity index is 868. The predicted molar refractivity (Wildman–Crippen MR) is 108 cm³/mol.